The van der Waals surface area contributed by atoms with Gasteiger partial charge in [-0.3, -0.25) is 14.6 Å². The summed E-state index contributed by atoms with van der Waals surface area (Å²) in [5.74, 6) is 0.00526. The van der Waals surface area contributed by atoms with Gasteiger partial charge < -0.3 is 4.74 Å². The third-order valence-corrected chi connectivity index (χ3v) is 7.19. The third kappa shape index (κ3) is 4.86. The molecule has 0 unspecified atom stereocenters. The van der Waals surface area contributed by atoms with Crippen LogP contribution in [0, 0.1) is 0 Å². The van der Waals surface area contributed by atoms with Gasteiger partial charge in [0.1, 0.15) is 0 Å². The maximum atomic E-state index is 13.5. The highest BCUT2D eigenvalue weighted by molar-refractivity contribution is 7.98. The van der Waals surface area contributed by atoms with Crippen molar-refractivity contribution in [1.29, 1.82) is 0 Å². The molecule has 1 aromatic heterocycles. The van der Waals surface area contributed by atoms with Gasteiger partial charge in [0.2, 0.25) is 0 Å². The lowest BCUT2D eigenvalue weighted by Crippen LogP contribution is -2.43. The molecule has 1 amide bonds. The minimum atomic E-state index is 0.00526. The van der Waals surface area contributed by atoms with Crippen LogP contribution in [0.4, 0.5) is 5.13 Å². The summed E-state index contributed by atoms with van der Waals surface area (Å²) in [6, 6.07) is 14.2. The maximum Gasteiger partial charge on any atom is 0.260 e. The summed E-state index contributed by atoms with van der Waals surface area (Å²) in [7, 11) is 0. The number of fused-ring (bicyclic) bond motifs is 1. The molecule has 0 atom stereocenters. The molecule has 30 heavy (non-hydrogen) atoms. The number of thioether (sulfide) groups is 1. The van der Waals surface area contributed by atoms with E-state index in [1.165, 1.54) is 5.56 Å². The largest absolute Gasteiger partial charge is 0.379 e. The summed E-state index contributed by atoms with van der Waals surface area (Å²) < 4.78 is 6.59. The minimum Gasteiger partial charge on any atom is -0.379 e. The lowest BCUT2D eigenvalue weighted by Gasteiger charge is -2.29. The molecule has 2 aromatic carbocycles. The van der Waals surface area contributed by atoms with Crippen molar-refractivity contribution in [3.63, 3.8) is 0 Å². The Morgan fingerprint density at radius 1 is 1.20 bits per heavy atom. The van der Waals surface area contributed by atoms with Crippen molar-refractivity contribution < 1.29 is 9.53 Å². The molecule has 0 saturated carbocycles. The summed E-state index contributed by atoms with van der Waals surface area (Å²) >= 11 is 3.27. The smallest absolute Gasteiger partial charge is 0.260 e. The first kappa shape index (κ1) is 21.3. The molecule has 0 aliphatic carbocycles. The highest BCUT2D eigenvalue weighted by atomic mass is 32.2. The van der Waals surface area contributed by atoms with Gasteiger partial charge in [-0.05, 0) is 54.6 Å². The van der Waals surface area contributed by atoms with Gasteiger partial charge in [0.15, 0.2) is 5.13 Å². The topological polar surface area (TPSA) is 45.7 Å². The fourth-order valence-electron chi connectivity index (χ4n) is 3.53. The van der Waals surface area contributed by atoms with Crippen molar-refractivity contribution in [1.82, 2.24) is 9.88 Å². The average Bonchev–Trinajstić information content (AvgIpc) is 3.22. The monoisotopic (exact) mass is 441 g/mol. The van der Waals surface area contributed by atoms with E-state index >= 15 is 0 Å². The summed E-state index contributed by atoms with van der Waals surface area (Å²) in [6.07, 6.45) is 3.03. The Morgan fingerprint density at radius 2 is 1.97 bits per heavy atom. The number of hydrogen-bond acceptors (Lipinski definition) is 6. The highest BCUT2D eigenvalue weighted by Gasteiger charge is 2.23. The number of anilines is 1. The quantitative estimate of drug-likeness (QED) is 0.503. The van der Waals surface area contributed by atoms with Crippen LogP contribution in [0.3, 0.4) is 0 Å². The van der Waals surface area contributed by atoms with Crippen LogP contribution in [0.15, 0.2) is 47.4 Å². The first-order chi connectivity index (χ1) is 14.7. The van der Waals surface area contributed by atoms with E-state index in [0.29, 0.717) is 12.1 Å². The molecule has 0 radical (unpaired) electrons. The van der Waals surface area contributed by atoms with Crippen molar-refractivity contribution in [2.75, 3.05) is 50.5 Å². The number of amides is 1. The molecule has 1 saturated heterocycles. The number of rotatable bonds is 7. The Balaban J connectivity index is 1.62. The van der Waals surface area contributed by atoms with Crippen LogP contribution < -0.4 is 4.90 Å². The second-order valence-corrected chi connectivity index (χ2v) is 9.18. The number of nitrogens with zero attached hydrogens (tertiary/aromatic N) is 3. The van der Waals surface area contributed by atoms with Crippen LogP contribution >= 0.6 is 23.1 Å². The lowest BCUT2D eigenvalue weighted by molar-refractivity contribution is 0.0391. The van der Waals surface area contributed by atoms with E-state index in [2.05, 4.69) is 30.0 Å². The molecular weight excluding hydrogens is 414 g/mol. The Hall–Kier alpha value is -1.93. The van der Waals surface area contributed by atoms with Crippen molar-refractivity contribution in [2.45, 2.75) is 18.2 Å². The first-order valence-corrected chi connectivity index (χ1v) is 12.4. The van der Waals surface area contributed by atoms with Gasteiger partial charge in [-0.1, -0.05) is 24.3 Å². The molecule has 5 nitrogen and oxygen atoms in total. The van der Waals surface area contributed by atoms with Crippen LogP contribution in [0.25, 0.3) is 10.2 Å². The van der Waals surface area contributed by atoms with E-state index in [1.807, 2.05) is 35.4 Å². The molecule has 1 aliphatic rings. The summed E-state index contributed by atoms with van der Waals surface area (Å²) in [4.78, 5) is 23.6. The number of hydrogen-bond donors (Lipinski definition) is 0. The van der Waals surface area contributed by atoms with E-state index in [9.17, 15) is 4.79 Å². The molecule has 158 valence electrons. The van der Waals surface area contributed by atoms with Gasteiger partial charge in [0.25, 0.3) is 5.91 Å². The molecule has 0 N–H and O–H groups in total. The van der Waals surface area contributed by atoms with Crippen LogP contribution in [-0.4, -0.2) is 61.4 Å². The number of aryl methyl sites for hydroxylation is 1. The van der Waals surface area contributed by atoms with E-state index in [0.717, 1.165) is 59.5 Å². The van der Waals surface area contributed by atoms with Gasteiger partial charge in [-0.2, -0.15) is 0 Å². The number of benzene rings is 2. The van der Waals surface area contributed by atoms with Gasteiger partial charge >= 0.3 is 0 Å². The maximum absolute atomic E-state index is 13.5. The number of carbonyl (C=O) groups excluding carboxylic acids is 1. The van der Waals surface area contributed by atoms with E-state index in [1.54, 1.807) is 23.1 Å². The molecule has 7 heteroatoms. The van der Waals surface area contributed by atoms with Gasteiger partial charge in [-0.15, -0.1) is 11.8 Å². The number of aromatic nitrogens is 1. The molecule has 0 bridgehead atoms. The van der Waals surface area contributed by atoms with Gasteiger partial charge in [-0.25, -0.2) is 4.98 Å². The Bertz CT molecular complexity index is 997. The van der Waals surface area contributed by atoms with Crippen LogP contribution in [0.1, 0.15) is 22.8 Å². The molecule has 2 heterocycles. The second-order valence-electron chi connectivity index (χ2n) is 7.29. The predicted octanol–water partition coefficient (Wildman–Crippen LogP) is 4.56. The summed E-state index contributed by atoms with van der Waals surface area (Å²) in [5.41, 5.74) is 2.94. The predicted molar refractivity (Wildman–Crippen MR) is 126 cm³/mol. The van der Waals surface area contributed by atoms with Crippen molar-refractivity contribution in [2.24, 2.45) is 0 Å². The number of ether oxygens (including phenoxy) is 1. The summed E-state index contributed by atoms with van der Waals surface area (Å²) in [5, 5.41) is 0.769. The number of thiazole rings is 1. The zero-order valence-electron chi connectivity index (χ0n) is 17.5. The molecule has 4 rings (SSSR count). The zero-order chi connectivity index (χ0) is 20.9. The van der Waals surface area contributed by atoms with Crippen LogP contribution in [0.5, 0.6) is 0 Å². The van der Waals surface area contributed by atoms with Crippen molar-refractivity contribution in [3.8, 4) is 0 Å². The van der Waals surface area contributed by atoms with E-state index in [-0.39, 0.29) is 5.91 Å². The fourth-order valence-corrected chi connectivity index (χ4v) is 4.99. The van der Waals surface area contributed by atoms with E-state index in [4.69, 9.17) is 9.72 Å². The van der Waals surface area contributed by atoms with Crippen LogP contribution in [-0.2, 0) is 11.2 Å². The molecule has 3 aromatic rings. The van der Waals surface area contributed by atoms with Crippen LogP contribution in [0.2, 0.25) is 0 Å². The standard InChI is InChI=1S/C23H27N3O2S2/c1-3-17-4-9-20-21(16-17)30-23(24-20)26(11-10-25-12-14-28-15-13-25)22(27)18-5-7-19(29-2)8-6-18/h4-9,16H,3,10-15H2,1-2H3. The lowest BCUT2D eigenvalue weighted by atomic mass is 10.2. The Labute approximate surface area is 186 Å². The number of carbonyl (C=O) groups is 1. The van der Waals surface area contributed by atoms with Crippen molar-refractivity contribution in [3.05, 3.63) is 53.6 Å². The summed E-state index contributed by atoms with van der Waals surface area (Å²) in [6.45, 7) is 6.90. The number of morpholine rings is 1. The SMILES string of the molecule is CCc1ccc2nc(N(CCN3CCOCC3)C(=O)c3ccc(SC)cc3)sc2c1. The normalized spacial score (nSPS) is 14.9. The molecule has 1 aliphatic heterocycles. The Kier molecular flexibility index (Phi) is 7.04. The fraction of sp³-hybridized carbons (Fsp3) is 0.391. The van der Waals surface area contributed by atoms with Gasteiger partial charge in [0.05, 0.1) is 23.4 Å². The first-order valence-electron chi connectivity index (χ1n) is 10.3. The highest BCUT2D eigenvalue weighted by Crippen LogP contribution is 2.31. The molecule has 0 spiro atoms. The van der Waals surface area contributed by atoms with Gasteiger partial charge in [0, 0.05) is 36.6 Å². The molecular formula is C23H27N3O2S2. The zero-order valence-corrected chi connectivity index (χ0v) is 19.1. The minimum absolute atomic E-state index is 0.00526. The van der Waals surface area contributed by atoms with E-state index < -0.39 is 0 Å². The van der Waals surface area contributed by atoms with Crippen molar-refractivity contribution >= 4 is 44.4 Å². The Morgan fingerprint density at radius 3 is 2.67 bits per heavy atom. The average molecular weight is 442 g/mol. The second kappa shape index (κ2) is 9.92. The molecule has 1 fully saturated rings. The third-order valence-electron chi connectivity index (χ3n) is 5.41.